The van der Waals surface area contributed by atoms with Gasteiger partial charge in [-0.1, -0.05) is 11.6 Å². The number of benzene rings is 2. The number of nitrogens with zero attached hydrogens (tertiary/aromatic N) is 2. The SMILES string of the molecule is COc1ccc(OP(=O)(OCC2(C(F)F)OC(n3cc(Cl)c(N)nc3=O)C(F)C2O)Oc2ccc(OC)cc2)cc1. The predicted molar refractivity (Wildman–Crippen MR) is 138 cm³/mol. The summed E-state index contributed by atoms with van der Waals surface area (Å²) in [6.45, 7) is -1.41. The number of alkyl halides is 3. The van der Waals surface area contributed by atoms with E-state index in [1.807, 2.05) is 0 Å². The van der Waals surface area contributed by atoms with E-state index < -0.39 is 56.5 Å². The zero-order valence-electron chi connectivity index (χ0n) is 21.4. The summed E-state index contributed by atoms with van der Waals surface area (Å²) >= 11 is 5.85. The minimum absolute atomic E-state index is 0.0722. The third-order valence-corrected chi connectivity index (χ3v) is 7.60. The molecule has 4 unspecified atom stereocenters. The van der Waals surface area contributed by atoms with Crippen LogP contribution in [0, 0.1) is 0 Å². The Labute approximate surface area is 235 Å². The van der Waals surface area contributed by atoms with Gasteiger partial charge in [-0.2, -0.15) is 4.98 Å². The number of anilines is 1. The summed E-state index contributed by atoms with van der Waals surface area (Å²) in [6, 6.07) is 11.2. The maximum Gasteiger partial charge on any atom is 0.587 e. The van der Waals surface area contributed by atoms with Crippen LogP contribution in [0.1, 0.15) is 6.23 Å². The Morgan fingerprint density at radius 3 is 2.02 bits per heavy atom. The lowest BCUT2D eigenvalue weighted by Gasteiger charge is -2.31. The number of hydrogen-bond donors (Lipinski definition) is 2. The van der Waals surface area contributed by atoms with E-state index in [1.165, 1.54) is 62.8 Å². The minimum atomic E-state index is -4.85. The molecule has 0 amide bonds. The molecule has 222 valence electrons. The number of hydrogen-bond acceptors (Lipinski definition) is 11. The number of phosphoric acid groups is 1. The standard InChI is InChI=1S/C24H24ClF3N3O9P/c1-35-13-3-7-15(8-4-13)39-41(34,40-16-9-5-14(36-2)6-10-16)37-12-24(22(27)28)19(32)18(26)21(38-24)31-11-17(25)20(29)30-23(31)33/h3-11,18-19,21-22,32H,12H2,1-2H3,(H2,29,30,33). The summed E-state index contributed by atoms with van der Waals surface area (Å²) in [7, 11) is -2.02. The van der Waals surface area contributed by atoms with Crippen molar-refractivity contribution in [2.45, 2.75) is 30.5 Å². The van der Waals surface area contributed by atoms with Gasteiger partial charge in [-0.3, -0.25) is 9.09 Å². The second-order valence-corrected chi connectivity index (χ2v) is 10.5. The topological polar surface area (TPSA) is 154 Å². The van der Waals surface area contributed by atoms with Crippen LogP contribution in [0.5, 0.6) is 23.0 Å². The van der Waals surface area contributed by atoms with Gasteiger partial charge >= 0.3 is 13.5 Å². The van der Waals surface area contributed by atoms with E-state index in [0.717, 1.165) is 6.20 Å². The summed E-state index contributed by atoms with van der Waals surface area (Å²) in [6.07, 6.45) is -10.1. The fraction of sp³-hybridized carbons (Fsp3) is 0.333. The van der Waals surface area contributed by atoms with E-state index >= 15 is 4.39 Å². The Kier molecular flexibility index (Phi) is 9.04. The van der Waals surface area contributed by atoms with Crippen molar-refractivity contribution >= 4 is 25.2 Å². The van der Waals surface area contributed by atoms with Crippen LogP contribution in [0.4, 0.5) is 19.0 Å². The number of aliphatic hydroxyl groups is 1. The molecule has 4 rings (SSSR count). The van der Waals surface area contributed by atoms with Gasteiger partial charge in [0.2, 0.25) is 0 Å². The molecule has 1 aliphatic rings. The molecule has 41 heavy (non-hydrogen) atoms. The molecule has 3 aromatic rings. The molecule has 0 radical (unpaired) electrons. The van der Waals surface area contributed by atoms with Gasteiger partial charge < -0.3 is 34.1 Å². The maximum absolute atomic E-state index is 15.2. The number of ether oxygens (including phenoxy) is 3. The predicted octanol–water partition coefficient (Wildman–Crippen LogP) is 4.01. The van der Waals surface area contributed by atoms with Crippen molar-refractivity contribution in [1.82, 2.24) is 9.55 Å². The average Bonchev–Trinajstić information content (AvgIpc) is 3.21. The molecule has 1 aromatic heterocycles. The fourth-order valence-corrected chi connectivity index (χ4v) is 5.19. The molecular weight excluding hydrogens is 598 g/mol. The van der Waals surface area contributed by atoms with Gasteiger partial charge in [0.25, 0.3) is 6.43 Å². The molecule has 2 aromatic carbocycles. The number of halogens is 4. The Morgan fingerprint density at radius 2 is 1.56 bits per heavy atom. The molecule has 2 heterocycles. The first-order chi connectivity index (χ1) is 19.4. The van der Waals surface area contributed by atoms with Crippen molar-refractivity contribution in [2.75, 3.05) is 26.6 Å². The van der Waals surface area contributed by atoms with Gasteiger partial charge in [0, 0.05) is 6.20 Å². The Hall–Kier alpha value is -3.49. The normalized spacial score (nSPS) is 22.5. The highest BCUT2D eigenvalue weighted by Crippen LogP contribution is 2.53. The largest absolute Gasteiger partial charge is 0.587 e. The Morgan fingerprint density at radius 1 is 1.07 bits per heavy atom. The second kappa shape index (κ2) is 12.2. The molecule has 1 fully saturated rings. The van der Waals surface area contributed by atoms with E-state index in [9.17, 15) is 23.2 Å². The number of nitrogen functional groups attached to an aromatic ring is 1. The van der Waals surface area contributed by atoms with Crippen LogP contribution in [-0.4, -0.2) is 59.8 Å². The molecule has 1 aliphatic heterocycles. The van der Waals surface area contributed by atoms with Gasteiger partial charge in [-0.05, 0) is 48.5 Å². The van der Waals surface area contributed by atoms with E-state index in [0.29, 0.717) is 16.1 Å². The van der Waals surface area contributed by atoms with Crippen LogP contribution in [0.25, 0.3) is 0 Å². The second-order valence-electron chi connectivity index (χ2n) is 8.57. The zero-order valence-corrected chi connectivity index (χ0v) is 23.0. The lowest BCUT2D eigenvalue weighted by atomic mass is 9.97. The number of rotatable bonds is 11. The van der Waals surface area contributed by atoms with Crippen LogP contribution in [0.2, 0.25) is 5.02 Å². The first-order valence-corrected chi connectivity index (χ1v) is 13.5. The van der Waals surface area contributed by atoms with Crippen molar-refractivity contribution in [3.63, 3.8) is 0 Å². The summed E-state index contributed by atoms with van der Waals surface area (Å²) in [5, 5.41) is 10.3. The third-order valence-electron chi connectivity index (χ3n) is 5.99. The van der Waals surface area contributed by atoms with Gasteiger partial charge in [0.05, 0.1) is 25.8 Å². The Balaban J connectivity index is 1.65. The number of aliphatic hydroxyl groups excluding tert-OH is 1. The number of methoxy groups -OCH3 is 2. The molecule has 0 aliphatic carbocycles. The van der Waals surface area contributed by atoms with Gasteiger partial charge in [-0.25, -0.2) is 22.5 Å². The molecule has 17 heteroatoms. The van der Waals surface area contributed by atoms with Crippen LogP contribution in [0.3, 0.4) is 0 Å². The van der Waals surface area contributed by atoms with Crippen molar-refractivity contribution in [2.24, 2.45) is 0 Å². The first kappa shape index (κ1) is 30.5. The summed E-state index contributed by atoms with van der Waals surface area (Å²) in [5.41, 5.74) is 1.13. The number of phosphoric ester groups is 1. The van der Waals surface area contributed by atoms with Crippen LogP contribution in [-0.2, 0) is 13.8 Å². The summed E-state index contributed by atoms with van der Waals surface area (Å²) in [4.78, 5) is 15.7. The molecule has 12 nitrogen and oxygen atoms in total. The zero-order chi connectivity index (χ0) is 29.9. The van der Waals surface area contributed by atoms with Crippen LogP contribution in [0.15, 0.2) is 59.5 Å². The van der Waals surface area contributed by atoms with Crippen molar-refractivity contribution in [3.8, 4) is 23.0 Å². The van der Waals surface area contributed by atoms with E-state index in [-0.39, 0.29) is 16.5 Å². The molecule has 3 N–H and O–H groups in total. The lowest BCUT2D eigenvalue weighted by molar-refractivity contribution is -0.193. The fourth-order valence-electron chi connectivity index (χ4n) is 3.78. The van der Waals surface area contributed by atoms with Crippen molar-refractivity contribution < 1.29 is 50.6 Å². The monoisotopic (exact) mass is 621 g/mol. The van der Waals surface area contributed by atoms with Gasteiger partial charge in [0.15, 0.2) is 18.0 Å². The summed E-state index contributed by atoms with van der Waals surface area (Å²) in [5.74, 6) is 0.318. The van der Waals surface area contributed by atoms with Crippen LogP contribution < -0.4 is 29.9 Å². The highest BCUT2D eigenvalue weighted by Gasteiger charge is 2.62. The molecule has 0 spiro atoms. The van der Waals surface area contributed by atoms with Gasteiger partial charge in [0.1, 0.15) is 34.9 Å². The summed E-state index contributed by atoms with van der Waals surface area (Å²) < 4.78 is 89.8. The smallest absolute Gasteiger partial charge is 0.497 e. The molecule has 0 saturated carbocycles. The maximum atomic E-state index is 15.2. The molecular formula is C24H24ClF3N3O9P. The minimum Gasteiger partial charge on any atom is -0.497 e. The number of aromatic nitrogens is 2. The number of nitrogens with two attached hydrogens (primary N) is 1. The van der Waals surface area contributed by atoms with Gasteiger partial charge in [-0.15, -0.1) is 0 Å². The van der Waals surface area contributed by atoms with E-state index in [4.69, 9.17) is 45.1 Å². The third kappa shape index (κ3) is 6.39. The highest BCUT2D eigenvalue weighted by molar-refractivity contribution is 7.49. The van der Waals surface area contributed by atoms with Crippen molar-refractivity contribution in [1.29, 1.82) is 0 Å². The van der Waals surface area contributed by atoms with E-state index in [2.05, 4.69) is 4.98 Å². The first-order valence-electron chi connectivity index (χ1n) is 11.7. The van der Waals surface area contributed by atoms with E-state index in [1.54, 1.807) is 0 Å². The quantitative estimate of drug-likeness (QED) is 0.299. The van der Waals surface area contributed by atoms with Crippen LogP contribution >= 0.6 is 19.4 Å². The van der Waals surface area contributed by atoms with Crippen molar-refractivity contribution in [3.05, 3.63) is 70.2 Å². The Bertz CT molecular complexity index is 1410. The molecule has 1 saturated heterocycles. The average molecular weight is 622 g/mol. The molecule has 0 bridgehead atoms. The highest BCUT2D eigenvalue weighted by atomic mass is 35.5. The lowest BCUT2D eigenvalue weighted by Crippen LogP contribution is -2.52. The molecule has 4 atom stereocenters.